The number of halogens is 7. The van der Waals surface area contributed by atoms with Gasteiger partial charge in [-0.05, 0) is 13.0 Å². The summed E-state index contributed by atoms with van der Waals surface area (Å²) in [5.41, 5.74) is -3.44. The molecule has 1 rings (SSSR count). The molecule has 0 heterocycles. The molecule has 0 unspecified atom stereocenters. The number of aliphatic hydroxyl groups is 1. The maximum absolute atomic E-state index is 13.0. The number of rotatable bonds is 1. The van der Waals surface area contributed by atoms with Crippen LogP contribution < -0.4 is 5.73 Å². The van der Waals surface area contributed by atoms with Crippen LogP contribution in [0.1, 0.15) is 11.1 Å². The Kier molecular flexibility index (Phi) is 3.48. The van der Waals surface area contributed by atoms with E-state index in [0.29, 0.717) is 6.07 Å². The first-order valence-electron chi connectivity index (χ1n) is 4.75. The first kappa shape index (κ1) is 15.5. The highest BCUT2D eigenvalue weighted by atomic mass is 19.4. The Labute approximate surface area is 102 Å². The standard InChI is InChI=1S/C10H8F7NO/c1-4-6(11)3-2-5(7(4)18)8(19,9(12,13)14)10(15,16)17/h2-3,19H,18H2,1H3. The van der Waals surface area contributed by atoms with E-state index < -0.39 is 40.6 Å². The molecule has 0 amide bonds. The number of nitrogens with two attached hydrogens (primary N) is 1. The normalized spacial score (nSPS) is 13.7. The van der Waals surface area contributed by atoms with Gasteiger partial charge in [0.2, 0.25) is 0 Å². The van der Waals surface area contributed by atoms with Gasteiger partial charge in [-0.15, -0.1) is 0 Å². The number of hydrogen-bond donors (Lipinski definition) is 2. The number of hydrogen-bond acceptors (Lipinski definition) is 2. The van der Waals surface area contributed by atoms with Crippen LogP contribution in [-0.2, 0) is 5.60 Å². The largest absolute Gasteiger partial charge is 0.430 e. The van der Waals surface area contributed by atoms with Crippen molar-refractivity contribution >= 4 is 5.69 Å². The van der Waals surface area contributed by atoms with E-state index in [9.17, 15) is 30.7 Å². The molecule has 19 heavy (non-hydrogen) atoms. The van der Waals surface area contributed by atoms with E-state index in [0.717, 1.165) is 6.92 Å². The predicted octanol–water partition coefficient (Wildman–Crippen LogP) is 3.03. The van der Waals surface area contributed by atoms with Gasteiger partial charge in [-0.25, -0.2) is 4.39 Å². The lowest BCUT2D eigenvalue weighted by Crippen LogP contribution is -2.54. The molecule has 0 atom stereocenters. The van der Waals surface area contributed by atoms with Crippen molar-refractivity contribution in [3.05, 3.63) is 29.1 Å². The molecule has 1 aromatic carbocycles. The highest BCUT2D eigenvalue weighted by Crippen LogP contribution is 2.51. The molecule has 0 aromatic heterocycles. The van der Waals surface area contributed by atoms with Crippen molar-refractivity contribution in [3.8, 4) is 0 Å². The molecule has 0 saturated carbocycles. The first-order valence-corrected chi connectivity index (χ1v) is 4.75. The van der Waals surface area contributed by atoms with Gasteiger partial charge in [0.05, 0.1) is 0 Å². The van der Waals surface area contributed by atoms with E-state index in [2.05, 4.69) is 0 Å². The monoisotopic (exact) mass is 291 g/mol. The molecular weight excluding hydrogens is 283 g/mol. The zero-order chi connectivity index (χ0) is 15.2. The van der Waals surface area contributed by atoms with Crippen molar-refractivity contribution in [2.24, 2.45) is 0 Å². The predicted molar refractivity (Wildman–Crippen MR) is 51.6 cm³/mol. The SMILES string of the molecule is Cc1c(F)ccc(C(O)(C(F)(F)F)C(F)(F)F)c1N. The third-order valence-corrected chi connectivity index (χ3v) is 2.66. The van der Waals surface area contributed by atoms with E-state index in [4.69, 9.17) is 10.8 Å². The van der Waals surface area contributed by atoms with Crippen LogP contribution in [0.4, 0.5) is 36.4 Å². The average Bonchev–Trinajstić information content (AvgIpc) is 2.22. The summed E-state index contributed by atoms with van der Waals surface area (Å²) in [6.07, 6.45) is -12.1. The zero-order valence-electron chi connectivity index (χ0n) is 9.33. The lowest BCUT2D eigenvalue weighted by Gasteiger charge is -2.33. The molecule has 108 valence electrons. The average molecular weight is 291 g/mol. The second-order valence-corrected chi connectivity index (χ2v) is 3.84. The van der Waals surface area contributed by atoms with E-state index in [1.165, 1.54) is 0 Å². The fraction of sp³-hybridized carbons (Fsp3) is 0.400. The smallest absolute Gasteiger partial charge is 0.398 e. The molecule has 1 aromatic rings. The molecule has 0 spiro atoms. The number of benzene rings is 1. The Bertz CT molecular complexity index is 478. The number of anilines is 1. The summed E-state index contributed by atoms with van der Waals surface area (Å²) in [5, 5.41) is 9.10. The molecular formula is C10H8F7NO. The van der Waals surface area contributed by atoms with Crippen LogP contribution in [0.2, 0.25) is 0 Å². The minimum absolute atomic E-state index is 0.165. The molecule has 0 bridgehead atoms. The molecule has 9 heteroatoms. The summed E-state index contributed by atoms with van der Waals surface area (Å²) in [5.74, 6) is -1.08. The summed E-state index contributed by atoms with van der Waals surface area (Å²) in [6.45, 7) is 0.904. The van der Waals surface area contributed by atoms with Crippen LogP contribution in [0.25, 0.3) is 0 Å². The van der Waals surface area contributed by atoms with E-state index >= 15 is 0 Å². The fourth-order valence-corrected chi connectivity index (χ4v) is 1.48. The van der Waals surface area contributed by atoms with Crippen LogP contribution in [0, 0.1) is 12.7 Å². The van der Waals surface area contributed by atoms with Gasteiger partial charge in [0, 0.05) is 16.8 Å². The van der Waals surface area contributed by atoms with Gasteiger partial charge in [-0.1, -0.05) is 6.07 Å². The van der Waals surface area contributed by atoms with Gasteiger partial charge >= 0.3 is 12.4 Å². The summed E-state index contributed by atoms with van der Waals surface area (Å²) in [4.78, 5) is 0. The number of alkyl halides is 6. The van der Waals surface area contributed by atoms with Gasteiger partial charge in [-0.2, -0.15) is 26.3 Å². The van der Waals surface area contributed by atoms with Crippen molar-refractivity contribution in [1.82, 2.24) is 0 Å². The maximum Gasteiger partial charge on any atom is 0.430 e. The molecule has 0 aliphatic rings. The molecule has 2 nitrogen and oxygen atoms in total. The Morgan fingerprint density at radius 2 is 1.42 bits per heavy atom. The highest BCUT2D eigenvalue weighted by Gasteiger charge is 2.72. The minimum atomic E-state index is -6.05. The lowest BCUT2D eigenvalue weighted by molar-refractivity contribution is -0.376. The van der Waals surface area contributed by atoms with Crippen LogP contribution in [0.3, 0.4) is 0 Å². The van der Waals surface area contributed by atoms with Crippen molar-refractivity contribution < 1.29 is 35.8 Å². The Balaban J connectivity index is 3.67. The van der Waals surface area contributed by atoms with Crippen LogP contribution in [-0.4, -0.2) is 17.5 Å². The minimum Gasteiger partial charge on any atom is -0.398 e. The van der Waals surface area contributed by atoms with Crippen molar-refractivity contribution in [3.63, 3.8) is 0 Å². The molecule has 0 radical (unpaired) electrons. The summed E-state index contributed by atoms with van der Waals surface area (Å²) >= 11 is 0. The lowest BCUT2D eigenvalue weighted by atomic mass is 9.89. The topological polar surface area (TPSA) is 46.2 Å². The van der Waals surface area contributed by atoms with Crippen LogP contribution in [0.5, 0.6) is 0 Å². The van der Waals surface area contributed by atoms with Gasteiger partial charge in [0.1, 0.15) is 5.82 Å². The van der Waals surface area contributed by atoms with E-state index in [1.807, 2.05) is 0 Å². The van der Waals surface area contributed by atoms with E-state index in [-0.39, 0.29) is 6.07 Å². The maximum atomic E-state index is 13.0. The highest BCUT2D eigenvalue weighted by molar-refractivity contribution is 5.57. The quantitative estimate of drug-likeness (QED) is 0.617. The molecule has 0 saturated heterocycles. The van der Waals surface area contributed by atoms with Gasteiger partial charge in [0.25, 0.3) is 5.60 Å². The number of nitrogen functional groups attached to an aromatic ring is 1. The fourth-order valence-electron chi connectivity index (χ4n) is 1.48. The Morgan fingerprint density at radius 3 is 1.79 bits per heavy atom. The summed E-state index contributed by atoms with van der Waals surface area (Å²) in [6, 6.07) is 0.544. The summed E-state index contributed by atoms with van der Waals surface area (Å²) in [7, 11) is 0. The summed E-state index contributed by atoms with van der Waals surface area (Å²) < 4.78 is 88.5. The van der Waals surface area contributed by atoms with Gasteiger partial charge < -0.3 is 10.8 Å². The van der Waals surface area contributed by atoms with Crippen molar-refractivity contribution in [2.45, 2.75) is 24.9 Å². The Morgan fingerprint density at radius 1 is 1.00 bits per heavy atom. The van der Waals surface area contributed by atoms with Crippen molar-refractivity contribution in [1.29, 1.82) is 0 Å². The second-order valence-electron chi connectivity index (χ2n) is 3.84. The molecule has 3 N–H and O–H groups in total. The van der Waals surface area contributed by atoms with Crippen molar-refractivity contribution in [2.75, 3.05) is 5.73 Å². The Hall–Kier alpha value is -1.51. The molecule has 0 fully saturated rings. The van der Waals surface area contributed by atoms with Gasteiger partial charge in [0.15, 0.2) is 0 Å². The second kappa shape index (κ2) is 4.26. The van der Waals surface area contributed by atoms with Crippen LogP contribution in [0.15, 0.2) is 12.1 Å². The van der Waals surface area contributed by atoms with Crippen LogP contribution >= 0.6 is 0 Å². The molecule has 0 aliphatic carbocycles. The van der Waals surface area contributed by atoms with Gasteiger partial charge in [-0.3, -0.25) is 0 Å². The first-order chi connectivity index (χ1) is 8.34. The molecule has 0 aliphatic heterocycles. The third kappa shape index (κ3) is 2.22. The zero-order valence-corrected chi connectivity index (χ0v) is 9.33. The van der Waals surface area contributed by atoms with E-state index in [1.54, 1.807) is 0 Å². The third-order valence-electron chi connectivity index (χ3n) is 2.66.